The first-order valence-electron chi connectivity index (χ1n) is 5.37. The molecule has 2 aromatic carbocycles. The van der Waals surface area contributed by atoms with E-state index in [4.69, 9.17) is 0 Å². The first-order valence-corrected chi connectivity index (χ1v) is 5.37. The number of hydrogen-bond acceptors (Lipinski definition) is 2. The van der Waals surface area contributed by atoms with Crippen LogP contribution in [0.15, 0.2) is 42.5 Å². The smallest absolute Gasteiger partial charge is 0.125 e. The minimum atomic E-state index is -0.316. The maximum Gasteiger partial charge on any atom is 0.125 e. The largest absolute Gasteiger partial charge is 0.390 e. The lowest BCUT2D eigenvalue weighted by atomic mass is 10.0. The molecule has 3 aromatic rings. The number of benzene rings is 2. The molecular formula is C14H10FNO. The number of rotatable bonds is 1. The van der Waals surface area contributed by atoms with Gasteiger partial charge in [0, 0.05) is 16.8 Å². The maximum absolute atomic E-state index is 13.2. The second-order valence-corrected chi connectivity index (χ2v) is 3.92. The predicted molar refractivity (Wildman–Crippen MR) is 65.1 cm³/mol. The van der Waals surface area contributed by atoms with Gasteiger partial charge in [-0.2, -0.15) is 0 Å². The normalized spacial score (nSPS) is 11.2. The van der Waals surface area contributed by atoms with E-state index in [1.807, 2.05) is 24.3 Å². The highest BCUT2D eigenvalue weighted by molar-refractivity contribution is 6.06. The van der Waals surface area contributed by atoms with E-state index in [1.54, 1.807) is 6.07 Å². The van der Waals surface area contributed by atoms with E-state index in [0.717, 1.165) is 16.2 Å². The van der Waals surface area contributed by atoms with Gasteiger partial charge < -0.3 is 5.11 Å². The van der Waals surface area contributed by atoms with Gasteiger partial charge in [0.05, 0.1) is 17.8 Å². The zero-order chi connectivity index (χ0) is 11.8. The average Bonchev–Trinajstić information content (AvgIpc) is 2.37. The van der Waals surface area contributed by atoms with E-state index in [9.17, 15) is 9.50 Å². The Morgan fingerprint density at radius 3 is 2.53 bits per heavy atom. The maximum atomic E-state index is 13.2. The summed E-state index contributed by atoms with van der Waals surface area (Å²) in [6, 6.07) is 12.2. The van der Waals surface area contributed by atoms with Gasteiger partial charge in [0.15, 0.2) is 0 Å². The lowest BCUT2D eigenvalue weighted by molar-refractivity contribution is 0.279. The van der Waals surface area contributed by atoms with Gasteiger partial charge in [-0.25, -0.2) is 9.37 Å². The summed E-state index contributed by atoms with van der Waals surface area (Å²) >= 11 is 0. The van der Waals surface area contributed by atoms with Crippen molar-refractivity contribution in [2.45, 2.75) is 6.61 Å². The van der Waals surface area contributed by atoms with Gasteiger partial charge in [-0.05, 0) is 17.5 Å². The molecule has 0 saturated heterocycles. The van der Waals surface area contributed by atoms with Gasteiger partial charge in [0.2, 0.25) is 0 Å². The van der Waals surface area contributed by atoms with Crippen molar-refractivity contribution in [2.75, 3.05) is 0 Å². The van der Waals surface area contributed by atoms with Crippen molar-refractivity contribution in [3.8, 4) is 0 Å². The van der Waals surface area contributed by atoms with Gasteiger partial charge in [-0.1, -0.05) is 24.3 Å². The molecule has 3 heteroatoms. The van der Waals surface area contributed by atoms with Crippen LogP contribution in [0.5, 0.6) is 0 Å². The Morgan fingerprint density at radius 1 is 1.00 bits per heavy atom. The average molecular weight is 227 g/mol. The van der Waals surface area contributed by atoms with Gasteiger partial charge in [0.25, 0.3) is 0 Å². The molecule has 0 amide bonds. The van der Waals surface area contributed by atoms with Crippen molar-refractivity contribution < 1.29 is 9.50 Å². The number of nitrogens with zero attached hydrogens (tertiary/aromatic N) is 1. The molecule has 1 heterocycles. The number of fused-ring (bicyclic) bond motifs is 3. The molecule has 2 nitrogen and oxygen atoms in total. The Bertz CT molecular complexity index is 709. The Balaban J connectivity index is 2.54. The zero-order valence-electron chi connectivity index (χ0n) is 9.02. The first-order chi connectivity index (χ1) is 8.29. The molecule has 17 heavy (non-hydrogen) atoms. The molecule has 0 bridgehead atoms. The number of aliphatic hydroxyl groups excluding tert-OH is 1. The number of aromatic nitrogens is 1. The van der Waals surface area contributed by atoms with Gasteiger partial charge in [-0.3, -0.25) is 0 Å². The molecule has 0 aliphatic rings. The third-order valence-electron chi connectivity index (χ3n) is 2.89. The SMILES string of the molecule is OCc1nc2cc(F)ccc2c2ccccc12. The van der Waals surface area contributed by atoms with E-state index in [1.165, 1.54) is 12.1 Å². The van der Waals surface area contributed by atoms with Gasteiger partial charge in [-0.15, -0.1) is 0 Å². The first kappa shape index (κ1) is 10.2. The second kappa shape index (κ2) is 3.79. The molecule has 0 aliphatic heterocycles. The van der Waals surface area contributed by atoms with E-state index in [-0.39, 0.29) is 12.4 Å². The molecule has 0 fully saturated rings. The highest BCUT2D eigenvalue weighted by Gasteiger charge is 2.07. The van der Waals surface area contributed by atoms with Crippen LogP contribution in [0.1, 0.15) is 5.69 Å². The Kier molecular flexibility index (Phi) is 2.27. The van der Waals surface area contributed by atoms with Crippen LogP contribution in [0, 0.1) is 5.82 Å². The predicted octanol–water partition coefficient (Wildman–Crippen LogP) is 3.02. The second-order valence-electron chi connectivity index (χ2n) is 3.92. The molecule has 1 aromatic heterocycles. The molecule has 0 radical (unpaired) electrons. The summed E-state index contributed by atoms with van der Waals surface area (Å²) in [4.78, 5) is 4.29. The Labute approximate surface area is 97.3 Å². The fourth-order valence-electron chi connectivity index (χ4n) is 2.12. The highest BCUT2D eigenvalue weighted by atomic mass is 19.1. The fourth-order valence-corrected chi connectivity index (χ4v) is 2.12. The summed E-state index contributed by atoms with van der Waals surface area (Å²) in [5.41, 5.74) is 1.16. The molecule has 0 unspecified atom stereocenters. The van der Waals surface area contributed by atoms with Crippen molar-refractivity contribution in [1.82, 2.24) is 4.98 Å². The summed E-state index contributed by atoms with van der Waals surface area (Å²) in [7, 11) is 0. The molecule has 3 rings (SSSR count). The molecule has 1 N–H and O–H groups in total. The summed E-state index contributed by atoms with van der Waals surface area (Å²) in [6.07, 6.45) is 0. The van der Waals surface area contributed by atoms with E-state index in [0.29, 0.717) is 11.2 Å². The lowest BCUT2D eigenvalue weighted by Crippen LogP contribution is -1.93. The minimum absolute atomic E-state index is 0.146. The Morgan fingerprint density at radius 2 is 1.76 bits per heavy atom. The van der Waals surface area contributed by atoms with Crippen LogP contribution in [0.2, 0.25) is 0 Å². The zero-order valence-corrected chi connectivity index (χ0v) is 9.02. The van der Waals surface area contributed by atoms with Crippen molar-refractivity contribution in [3.63, 3.8) is 0 Å². The minimum Gasteiger partial charge on any atom is -0.390 e. The van der Waals surface area contributed by atoms with Gasteiger partial charge in [0.1, 0.15) is 5.82 Å². The molecule has 84 valence electrons. The van der Waals surface area contributed by atoms with Crippen molar-refractivity contribution in [2.24, 2.45) is 0 Å². The number of halogens is 1. The summed E-state index contributed by atoms with van der Waals surface area (Å²) in [5, 5.41) is 12.1. The third-order valence-corrected chi connectivity index (χ3v) is 2.89. The third kappa shape index (κ3) is 1.56. The molecule has 0 saturated carbocycles. The van der Waals surface area contributed by atoms with Crippen molar-refractivity contribution in [1.29, 1.82) is 0 Å². The molecule has 0 spiro atoms. The quantitative estimate of drug-likeness (QED) is 0.648. The number of aliphatic hydroxyl groups is 1. The van der Waals surface area contributed by atoms with Crippen LogP contribution in [-0.4, -0.2) is 10.1 Å². The highest BCUT2D eigenvalue weighted by Crippen LogP contribution is 2.26. The molecular weight excluding hydrogens is 217 g/mol. The van der Waals surface area contributed by atoms with Crippen LogP contribution in [0.25, 0.3) is 21.7 Å². The van der Waals surface area contributed by atoms with E-state index in [2.05, 4.69) is 4.98 Å². The monoisotopic (exact) mass is 227 g/mol. The number of hydrogen-bond donors (Lipinski definition) is 1. The fraction of sp³-hybridized carbons (Fsp3) is 0.0714. The molecule has 0 atom stereocenters. The van der Waals surface area contributed by atoms with Crippen LogP contribution in [0.4, 0.5) is 4.39 Å². The van der Waals surface area contributed by atoms with E-state index < -0.39 is 0 Å². The summed E-state index contributed by atoms with van der Waals surface area (Å²) in [5.74, 6) is -0.316. The van der Waals surface area contributed by atoms with Crippen LogP contribution < -0.4 is 0 Å². The summed E-state index contributed by atoms with van der Waals surface area (Å²) in [6.45, 7) is -0.146. The van der Waals surface area contributed by atoms with Crippen molar-refractivity contribution >= 4 is 21.7 Å². The number of pyridine rings is 1. The van der Waals surface area contributed by atoms with Gasteiger partial charge >= 0.3 is 0 Å². The van der Waals surface area contributed by atoms with Crippen LogP contribution in [-0.2, 0) is 6.61 Å². The lowest BCUT2D eigenvalue weighted by Gasteiger charge is -2.07. The Hall–Kier alpha value is -2.00. The van der Waals surface area contributed by atoms with E-state index >= 15 is 0 Å². The standard InChI is InChI=1S/C14H10FNO/c15-9-5-6-12-10-3-1-2-4-11(10)14(8-17)16-13(12)7-9/h1-7,17H,8H2. The van der Waals surface area contributed by atoms with Crippen molar-refractivity contribution in [3.05, 3.63) is 54.0 Å². The molecule has 0 aliphatic carbocycles. The van der Waals surface area contributed by atoms with Crippen LogP contribution >= 0.6 is 0 Å². The summed E-state index contributed by atoms with van der Waals surface area (Å²) < 4.78 is 13.2. The topological polar surface area (TPSA) is 33.1 Å². The van der Waals surface area contributed by atoms with Crippen LogP contribution in [0.3, 0.4) is 0 Å².